The number of thiazole rings is 1. The average Bonchev–Trinajstić information content (AvgIpc) is 3.32. The van der Waals surface area contributed by atoms with Crippen LogP contribution in [0.4, 0.5) is 5.69 Å². The number of aromatic nitrogens is 1. The predicted octanol–water partition coefficient (Wildman–Crippen LogP) is 2.95. The number of benzene rings is 1. The number of nitrogens with zero attached hydrogens (tertiary/aromatic N) is 2. The highest BCUT2D eigenvalue weighted by molar-refractivity contribution is 7.09. The van der Waals surface area contributed by atoms with Crippen LogP contribution < -0.4 is 19.7 Å². The highest BCUT2D eigenvalue weighted by Gasteiger charge is 2.35. The quantitative estimate of drug-likeness (QED) is 0.769. The van der Waals surface area contributed by atoms with Gasteiger partial charge in [-0.15, -0.1) is 11.3 Å². The fourth-order valence-corrected chi connectivity index (χ4v) is 3.95. The third-order valence-electron chi connectivity index (χ3n) is 4.68. The SMILES string of the molecule is COc1ccc(N2CC(C(=O)NCc3csc(C(C)C)n3)CC2=O)cc1OC. The molecule has 0 aliphatic carbocycles. The molecule has 2 aromatic rings. The van der Waals surface area contributed by atoms with Crippen molar-refractivity contribution < 1.29 is 19.1 Å². The van der Waals surface area contributed by atoms with Crippen LogP contribution in [-0.4, -0.2) is 37.6 Å². The van der Waals surface area contributed by atoms with E-state index in [9.17, 15) is 9.59 Å². The van der Waals surface area contributed by atoms with Gasteiger partial charge in [0.15, 0.2) is 11.5 Å². The Labute approximate surface area is 168 Å². The van der Waals surface area contributed by atoms with Crippen molar-refractivity contribution in [2.75, 3.05) is 25.7 Å². The summed E-state index contributed by atoms with van der Waals surface area (Å²) in [6, 6.07) is 5.30. The maximum atomic E-state index is 12.5. The van der Waals surface area contributed by atoms with Gasteiger partial charge in [-0.3, -0.25) is 9.59 Å². The van der Waals surface area contributed by atoms with Crippen LogP contribution >= 0.6 is 11.3 Å². The molecule has 1 aromatic carbocycles. The first-order valence-electron chi connectivity index (χ1n) is 9.17. The molecular weight excluding hydrogens is 378 g/mol. The number of amides is 2. The van der Waals surface area contributed by atoms with Crippen LogP contribution in [0.3, 0.4) is 0 Å². The van der Waals surface area contributed by atoms with E-state index in [0.717, 1.165) is 10.7 Å². The Bertz CT molecular complexity index is 865. The lowest BCUT2D eigenvalue weighted by Crippen LogP contribution is -2.32. The van der Waals surface area contributed by atoms with E-state index in [1.807, 2.05) is 5.38 Å². The molecular formula is C20H25N3O4S. The number of methoxy groups -OCH3 is 2. The van der Waals surface area contributed by atoms with Gasteiger partial charge in [-0.2, -0.15) is 0 Å². The minimum atomic E-state index is -0.385. The van der Waals surface area contributed by atoms with Crippen LogP contribution in [0.25, 0.3) is 0 Å². The van der Waals surface area contributed by atoms with Crippen molar-refractivity contribution in [1.82, 2.24) is 10.3 Å². The minimum Gasteiger partial charge on any atom is -0.493 e. The van der Waals surface area contributed by atoms with Crippen LogP contribution in [0.5, 0.6) is 11.5 Å². The summed E-state index contributed by atoms with van der Waals surface area (Å²) in [6.45, 7) is 4.90. The van der Waals surface area contributed by atoms with Gasteiger partial charge in [-0.05, 0) is 12.1 Å². The summed E-state index contributed by atoms with van der Waals surface area (Å²) < 4.78 is 10.5. The monoisotopic (exact) mass is 403 g/mol. The summed E-state index contributed by atoms with van der Waals surface area (Å²) in [5, 5.41) is 5.93. The fourth-order valence-electron chi connectivity index (χ4n) is 3.12. The number of anilines is 1. The van der Waals surface area contributed by atoms with E-state index >= 15 is 0 Å². The molecule has 1 unspecified atom stereocenters. The molecule has 1 aliphatic rings. The normalized spacial score (nSPS) is 16.5. The first kappa shape index (κ1) is 20.1. The Morgan fingerprint density at radius 1 is 1.32 bits per heavy atom. The highest BCUT2D eigenvalue weighted by Crippen LogP contribution is 2.34. The Balaban J connectivity index is 1.62. The topological polar surface area (TPSA) is 80.8 Å². The Morgan fingerprint density at radius 2 is 2.07 bits per heavy atom. The van der Waals surface area contributed by atoms with E-state index in [1.165, 1.54) is 0 Å². The molecule has 150 valence electrons. The zero-order chi connectivity index (χ0) is 20.3. The van der Waals surface area contributed by atoms with Crippen LogP contribution in [0, 0.1) is 5.92 Å². The maximum Gasteiger partial charge on any atom is 0.227 e. The lowest BCUT2D eigenvalue weighted by atomic mass is 10.1. The molecule has 0 spiro atoms. The van der Waals surface area contributed by atoms with Gasteiger partial charge >= 0.3 is 0 Å². The average molecular weight is 404 g/mol. The lowest BCUT2D eigenvalue weighted by molar-refractivity contribution is -0.126. The number of hydrogen-bond donors (Lipinski definition) is 1. The van der Waals surface area contributed by atoms with Gasteiger partial charge < -0.3 is 19.7 Å². The van der Waals surface area contributed by atoms with Gasteiger partial charge in [0.05, 0.1) is 37.4 Å². The first-order valence-corrected chi connectivity index (χ1v) is 10.0. The number of hydrogen-bond acceptors (Lipinski definition) is 6. The minimum absolute atomic E-state index is 0.0804. The van der Waals surface area contributed by atoms with E-state index in [-0.39, 0.29) is 24.2 Å². The Hall–Kier alpha value is -2.61. The fraction of sp³-hybridized carbons (Fsp3) is 0.450. The molecule has 1 aliphatic heterocycles. The summed E-state index contributed by atoms with van der Waals surface area (Å²) in [5.41, 5.74) is 1.54. The third kappa shape index (κ3) is 4.27. The van der Waals surface area contributed by atoms with Gasteiger partial charge in [0.1, 0.15) is 0 Å². The molecule has 28 heavy (non-hydrogen) atoms. The number of carbonyl (C=O) groups is 2. The van der Waals surface area contributed by atoms with E-state index < -0.39 is 0 Å². The molecule has 0 radical (unpaired) electrons. The van der Waals surface area contributed by atoms with E-state index in [2.05, 4.69) is 24.1 Å². The second-order valence-electron chi connectivity index (χ2n) is 6.99. The summed E-state index contributed by atoms with van der Waals surface area (Å²) in [4.78, 5) is 31.1. The summed E-state index contributed by atoms with van der Waals surface area (Å²) in [6.07, 6.45) is 0.189. The summed E-state index contributed by atoms with van der Waals surface area (Å²) in [5.74, 6) is 0.917. The number of rotatable bonds is 7. The number of carbonyl (C=O) groups excluding carboxylic acids is 2. The van der Waals surface area contributed by atoms with E-state index in [1.54, 1.807) is 48.7 Å². The Kier molecular flexibility index (Phi) is 6.18. The van der Waals surface area contributed by atoms with Crippen molar-refractivity contribution in [2.45, 2.75) is 32.7 Å². The molecule has 1 N–H and O–H groups in total. The summed E-state index contributed by atoms with van der Waals surface area (Å²) >= 11 is 1.60. The zero-order valence-corrected chi connectivity index (χ0v) is 17.3. The molecule has 2 heterocycles. The van der Waals surface area contributed by atoms with E-state index in [0.29, 0.717) is 36.2 Å². The van der Waals surface area contributed by atoms with Crippen LogP contribution in [0.15, 0.2) is 23.6 Å². The van der Waals surface area contributed by atoms with Gasteiger partial charge in [0.2, 0.25) is 11.8 Å². The summed E-state index contributed by atoms with van der Waals surface area (Å²) in [7, 11) is 3.11. The van der Waals surface area contributed by atoms with Crippen LogP contribution in [0.1, 0.15) is 36.9 Å². The van der Waals surface area contributed by atoms with Gasteiger partial charge in [0, 0.05) is 36.0 Å². The van der Waals surface area contributed by atoms with Crippen LogP contribution in [0.2, 0.25) is 0 Å². The molecule has 1 aromatic heterocycles. The van der Waals surface area contributed by atoms with E-state index in [4.69, 9.17) is 9.47 Å². The van der Waals surface area contributed by atoms with Crippen LogP contribution in [-0.2, 0) is 16.1 Å². The largest absolute Gasteiger partial charge is 0.493 e. The van der Waals surface area contributed by atoms with Crippen molar-refractivity contribution in [3.8, 4) is 11.5 Å². The third-order valence-corrected chi connectivity index (χ3v) is 5.88. The van der Waals surface area contributed by atoms with Crippen molar-refractivity contribution >= 4 is 28.8 Å². The van der Waals surface area contributed by atoms with Gasteiger partial charge in [-0.25, -0.2) is 4.98 Å². The molecule has 0 bridgehead atoms. The number of ether oxygens (including phenoxy) is 2. The number of nitrogens with one attached hydrogen (secondary N) is 1. The molecule has 1 fully saturated rings. The van der Waals surface area contributed by atoms with Crippen molar-refractivity contribution in [2.24, 2.45) is 5.92 Å². The molecule has 1 atom stereocenters. The van der Waals surface area contributed by atoms with Crippen molar-refractivity contribution in [3.05, 3.63) is 34.3 Å². The maximum absolute atomic E-state index is 12.5. The molecule has 8 heteroatoms. The molecule has 0 saturated carbocycles. The first-order chi connectivity index (χ1) is 13.4. The zero-order valence-electron chi connectivity index (χ0n) is 16.5. The molecule has 1 saturated heterocycles. The predicted molar refractivity (Wildman–Crippen MR) is 108 cm³/mol. The highest BCUT2D eigenvalue weighted by atomic mass is 32.1. The Morgan fingerprint density at radius 3 is 2.71 bits per heavy atom. The van der Waals surface area contributed by atoms with Gasteiger partial charge in [-0.1, -0.05) is 13.8 Å². The standard InChI is InChI=1S/C20H25N3O4S/c1-12(2)20-22-14(11-28-20)9-21-19(25)13-7-18(24)23(10-13)15-5-6-16(26-3)17(8-15)27-4/h5-6,8,11-13H,7,9-10H2,1-4H3,(H,21,25). The molecule has 2 amide bonds. The van der Waals surface area contributed by atoms with Crippen molar-refractivity contribution in [1.29, 1.82) is 0 Å². The lowest BCUT2D eigenvalue weighted by Gasteiger charge is -2.18. The van der Waals surface area contributed by atoms with Crippen molar-refractivity contribution in [3.63, 3.8) is 0 Å². The second kappa shape index (κ2) is 8.60. The smallest absolute Gasteiger partial charge is 0.227 e. The second-order valence-corrected chi connectivity index (χ2v) is 7.88. The van der Waals surface area contributed by atoms with Gasteiger partial charge in [0.25, 0.3) is 0 Å². The molecule has 7 nitrogen and oxygen atoms in total. The molecule has 3 rings (SSSR count).